The fourth-order valence-electron chi connectivity index (χ4n) is 6.20. The maximum absolute atomic E-state index is 15.4. The van der Waals surface area contributed by atoms with Crippen LogP contribution >= 0.6 is 0 Å². The molecular formula is C38H44FN7O5. The van der Waals surface area contributed by atoms with Crippen molar-refractivity contribution in [3.05, 3.63) is 88.9 Å². The smallest absolute Gasteiger partial charge is 0.262 e. The number of likely N-dealkylation sites (N-methyl/N-ethyl adjacent to an activating group) is 1. The van der Waals surface area contributed by atoms with Gasteiger partial charge in [-0.05, 0) is 74.8 Å². The number of piperazine rings is 1. The number of carbonyl (C=O) groups is 2. The second-order valence-corrected chi connectivity index (χ2v) is 13.0. The van der Waals surface area contributed by atoms with Crippen LogP contribution in [0.1, 0.15) is 34.0 Å². The van der Waals surface area contributed by atoms with E-state index >= 15 is 4.39 Å². The Labute approximate surface area is 297 Å². The molecule has 2 aliphatic heterocycles. The molecule has 2 N–H and O–H groups in total. The molecule has 1 aromatic heterocycles. The average molecular weight is 698 g/mol. The molecule has 51 heavy (non-hydrogen) atoms. The van der Waals surface area contributed by atoms with Crippen molar-refractivity contribution >= 4 is 34.8 Å². The van der Waals surface area contributed by atoms with Gasteiger partial charge in [0.05, 0.1) is 32.4 Å². The molecule has 0 bridgehead atoms. The second-order valence-electron chi connectivity index (χ2n) is 13.0. The molecule has 3 aromatic carbocycles. The van der Waals surface area contributed by atoms with E-state index in [1.165, 1.54) is 19.4 Å². The van der Waals surface area contributed by atoms with Crippen LogP contribution < -0.4 is 25.0 Å². The van der Waals surface area contributed by atoms with Gasteiger partial charge in [0, 0.05) is 56.3 Å². The predicted molar refractivity (Wildman–Crippen MR) is 194 cm³/mol. The van der Waals surface area contributed by atoms with E-state index in [9.17, 15) is 9.59 Å². The van der Waals surface area contributed by atoms with Gasteiger partial charge in [-0.25, -0.2) is 9.37 Å². The lowest BCUT2D eigenvalue weighted by Gasteiger charge is -2.39. The van der Waals surface area contributed by atoms with E-state index in [-0.39, 0.29) is 41.3 Å². The van der Waals surface area contributed by atoms with Crippen molar-refractivity contribution < 1.29 is 28.2 Å². The molecule has 6 rings (SSSR count). The summed E-state index contributed by atoms with van der Waals surface area (Å²) in [5, 5.41) is 6.03. The van der Waals surface area contributed by atoms with Gasteiger partial charge in [-0.2, -0.15) is 4.98 Å². The lowest BCUT2D eigenvalue weighted by atomic mass is 10.1. The van der Waals surface area contributed by atoms with Gasteiger partial charge in [0.25, 0.3) is 5.91 Å². The first-order chi connectivity index (χ1) is 24.6. The third-order valence-corrected chi connectivity index (χ3v) is 9.38. The molecule has 0 saturated carbocycles. The molecule has 2 fully saturated rings. The Balaban J connectivity index is 1.27. The van der Waals surface area contributed by atoms with Gasteiger partial charge in [-0.3, -0.25) is 9.59 Å². The van der Waals surface area contributed by atoms with E-state index in [0.29, 0.717) is 55.2 Å². The van der Waals surface area contributed by atoms with Crippen LogP contribution in [0, 0.1) is 19.7 Å². The van der Waals surface area contributed by atoms with Gasteiger partial charge < -0.3 is 39.5 Å². The molecule has 2 saturated heterocycles. The van der Waals surface area contributed by atoms with Crippen molar-refractivity contribution in [1.82, 2.24) is 19.8 Å². The van der Waals surface area contributed by atoms with Crippen molar-refractivity contribution in [3.63, 3.8) is 0 Å². The predicted octanol–water partition coefficient (Wildman–Crippen LogP) is 5.57. The summed E-state index contributed by atoms with van der Waals surface area (Å²) >= 11 is 0. The van der Waals surface area contributed by atoms with Crippen LogP contribution in [0.25, 0.3) is 0 Å². The monoisotopic (exact) mass is 697 g/mol. The molecule has 2 aliphatic rings. The number of carbonyl (C=O) groups excluding carboxylic acids is 2. The van der Waals surface area contributed by atoms with Crippen LogP contribution in [0.3, 0.4) is 0 Å². The average Bonchev–Trinajstić information content (AvgIpc) is 3.12. The highest BCUT2D eigenvalue weighted by atomic mass is 19.1. The highest BCUT2D eigenvalue weighted by Crippen LogP contribution is 2.35. The summed E-state index contributed by atoms with van der Waals surface area (Å²) < 4.78 is 32.7. The number of morpholine rings is 1. The number of para-hydroxylation sites is 1. The number of amides is 2. The van der Waals surface area contributed by atoms with Crippen LogP contribution in [0.2, 0.25) is 0 Å². The number of hydrogen-bond acceptors (Lipinski definition) is 10. The largest absolute Gasteiger partial charge is 0.493 e. The standard InChI is InChI=1S/C38H44FN7O5/c1-24-7-6-8-25(2)35(24)42-36(48)29-22-40-38(41-28-10-11-31(30(39)21-28)46-14-13-44(4)26(3)23-46)43-37(29)51-32-12-9-27(19-33(32)49-5)20-34(47)45-15-17-50-18-16-45/h6-12,19,21-22,26H,13-18,20,23H2,1-5H3,(H,42,48)(H,40,41,43). The first-order valence-corrected chi connectivity index (χ1v) is 17.1. The minimum Gasteiger partial charge on any atom is -0.493 e. The number of benzene rings is 3. The highest BCUT2D eigenvalue weighted by Gasteiger charge is 2.24. The van der Waals surface area contributed by atoms with Gasteiger partial charge in [0.15, 0.2) is 11.5 Å². The van der Waals surface area contributed by atoms with Crippen molar-refractivity contribution in [1.29, 1.82) is 0 Å². The fraction of sp³-hybridized carbons (Fsp3) is 0.368. The third-order valence-electron chi connectivity index (χ3n) is 9.38. The van der Waals surface area contributed by atoms with Crippen LogP contribution in [-0.4, -0.2) is 97.7 Å². The van der Waals surface area contributed by atoms with Gasteiger partial charge in [-0.1, -0.05) is 24.3 Å². The molecule has 12 nitrogen and oxygen atoms in total. The lowest BCUT2D eigenvalue weighted by molar-refractivity contribution is -0.134. The molecule has 0 spiro atoms. The zero-order chi connectivity index (χ0) is 36.1. The number of anilines is 4. The lowest BCUT2D eigenvalue weighted by Crippen LogP contribution is -2.50. The summed E-state index contributed by atoms with van der Waals surface area (Å²) in [5.74, 6) is -0.160. The molecule has 0 radical (unpaired) electrons. The zero-order valence-electron chi connectivity index (χ0n) is 29.7. The minimum atomic E-state index is -0.475. The second kappa shape index (κ2) is 15.7. The topological polar surface area (TPSA) is 121 Å². The molecule has 268 valence electrons. The molecule has 1 atom stereocenters. The normalized spacial score (nSPS) is 16.5. The summed E-state index contributed by atoms with van der Waals surface area (Å²) in [5.41, 5.74) is 4.24. The first-order valence-electron chi connectivity index (χ1n) is 17.1. The Morgan fingerprint density at radius 1 is 1.00 bits per heavy atom. The van der Waals surface area contributed by atoms with Gasteiger partial charge in [-0.15, -0.1) is 0 Å². The van der Waals surface area contributed by atoms with E-state index in [1.807, 2.05) is 36.9 Å². The number of methoxy groups -OCH3 is 1. The van der Waals surface area contributed by atoms with Crippen molar-refractivity contribution in [2.75, 3.05) is 75.6 Å². The Hall–Kier alpha value is -5.27. The number of aromatic nitrogens is 2. The highest BCUT2D eigenvalue weighted by molar-refractivity contribution is 6.06. The molecule has 1 unspecified atom stereocenters. The van der Waals surface area contributed by atoms with Crippen LogP contribution in [0.4, 0.5) is 27.4 Å². The quantitative estimate of drug-likeness (QED) is 0.218. The minimum absolute atomic E-state index is 0.00597. The Kier molecular flexibility index (Phi) is 11.0. The Morgan fingerprint density at radius 2 is 1.76 bits per heavy atom. The summed E-state index contributed by atoms with van der Waals surface area (Å²) in [4.78, 5) is 41.7. The number of rotatable bonds is 10. The van der Waals surface area contributed by atoms with E-state index in [0.717, 1.165) is 36.3 Å². The molecule has 2 amide bonds. The van der Waals surface area contributed by atoms with Gasteiger partial charge in [0.1, 0.15) is 11.4 Å². The number of hydrogen-bond donors (Lipinski definition) is 2. The molecule has 4 aromatic rings. The summed E-state index contributed by atoms with van der Waals surface area (Å²) in [7, 11) is 3.57. The fourth-order valence-corrected chi connectivity index (χ4v) is 6.20. The maximum atomic E-state index is 15.4. The number of nitrogens with zero attached hydrogens (tertiary/aromatic N) is 5. The number of halogens is 1. The van der Waals surface area contributed by atoms with Gasteiger partial charge >= 0.3 is 0 Å². The zero-order valence-corrected chi connectivity index (χ0v) is 29.7. The van der Waals surface area contributed by atoms with E-state index in [2.05, 4.69) is 39.5 Å². The van der Waals surface area contributed by atoms with Crippen molar-refractivity contribution in [2.24, 2.45) is 0 Å². The van der Waals surface area contributed by atoms with Crippen LogP contribution in [0.15, 0.2) is 60.8 Å². The number of nitrogens with one attached hydrogen (secondary N) is 2. The van der Waals surface area contributed by atoms with Crippen molar-refractivity contribution in [3.8, 4) is 17.4 Å². The number of ether oxygens (including phenoxy) is 3. The van der Waals surface area contributed by atoms with E-state index in [1.54, 1.807) is 35.2 Å². The third kappa shape index (κ3) is 8.38. The maximum Gasteiger partial charge on any atom is 0.262 e. The summed E-state index contributed by atoms with van der Waals surface area (Å²) in [6, 6.07) is 16.2. The van der Waals surface area contributed by atoms with Gasteiger partial charge in [0.2, 0.25) is 17.7 Å². The van der Waals surface area contributed by atoms with Crippen molar-refractivity contribution in [2.45, 2.75) is 33.2 Å². The summed E-state index contributed by atoms with van der Waals surface area (Å²) in [6.07, 6.45) is 1.55. The van der Waals surface area contributed by atoms with E-state index in [4.69, 9.17) is 14.2 Å². The first kappa shape index (κ1) is 35.6. The molecule has 3 heterocycles. The van der Waals surface area contributed by atoms with Crippen LogP contribution in [0.5, 0.6) is 17.4 Å². The van der Waals surface area contributed by atoms with Crippen LogP contribution in [-0.2, 0) is 16.0 Å². The number of aryl methyl sites for hydroxylation is 2. The Bertz CT molecular complexity index is 1880. The molecule has 0 aliphatic carbocycles. The molecular weight excluding hydrogens is 653 g/mol. The Morgan fingerprint density at radius 3 is 2.47 bits per heavy atom. The molecule has 13 heteroatoms. The summed E-state index contributed by atoms with van der Waals surface area (Å²) in [6.45, 7) is 10.4. The SMILES string of the molecule is COc1cc(CC(=O)N2CCOCC2)ccc1Oc1nc(Nc2ccc(N3CCN(C)C(C)C3)c(F)c2)ncc1C(=O)Nc1c(C)cccc1C. The van der Waals surface area contributed by atoms with E-state index < -0.39 is 5.91 Å².